The van der Waals surface area contributed by atoms with Crippen LogP contribution in [0.3, 0.4) is 0 Å². The van der Waals surface area contributed by atoms with Crippen molar-refractivity contribution in [1.82, 2.24) is 0 Å². The highest BCUT2D eigenvalue weighted by atomic mass is 127. The molecule has 0 saturated carbocycles. The van der Waals surface area contributed by atoms with Crippen molar-refractivity contribution in [2.24, 2.45) is 0 Å². The van der Waals surface area contributed by atoms with Gasteiger partial charge in [-0.15, -0.1) is 12.3 Å². The summed E-state index contributed by atoms with van der Waals surface area (Å²) < 4.78 is 10.9. The maximum absolute atomic E-state index is 6.17. The van der Waals surface area contributed by atoms with Gasteiger partial charge < -0.3 is 9.47 Å². The molecule has 1 atom stereocenters. The van der Waals surface area contributed by atoms with Crippen LogP contribution < -0.4 is 0 Å². The Hall–Kier alpha value is -0.280. The molecule has 0 aromatic heterocycles. The fraction of sp³-hybridized carbons (Fsp3) is 0.385. The standard InChI is InChI=1S/C13H14ClIO2/c1-4-9-13(16-2,17-3)12(15)10-7-5-6-8-11(10)14/h1,5-8,12H,9H2,2-3H3. The summed E-state index contributed by atoms with van der Waals surface area (Å²) >= 11 is 8.41. The van der Waals surface area contributed by atoms with Gasteiger partial charge in [-0.25, -0.2) is 0 Å². The van der Waals surface area contributed by atoms with E-state index in [1.807, 2.05) is 24.3 Å². The van der Waals surface area contributed by atoms with Gasteiger partial charge in [0, 0.05) is 19.2 Å². The molecule has 0 saturated heterocycles. The molecule has 4 heteroatoms. The minimum absolute atomic E-state index is 0.0835. The van der Waals surface area contributed by atoms with Gasteiger partial charge >= 0.3 is 0 Å². The van der Waals surface area contributed by atoms with Crippen molar-refractivity contribution in [3.63, 3.8) is 0 Å². The van der Waals surface area contributed by atoms with Gasteiger partial charge in [0.1, 0.15) is 0 Å². The Bertz CT molecular complexity index is 410. The zero-order valence-corrected chi connectivity index (χ0v) is 12.7. The number of terminal acetylenes is 1. The van der Waals surface area contributed by atoms with Gasteiger partial charge in [-0.05, 0) is 11.6 Å². The van der Waals surface area contributed by atoms with Crippen LogP contribution in [0.2, 0.25) is 5.02 Å². The molecule has 0 fully saturated rings. The van der Waals surface area contributed by atoms with Crippen molar-refractivity contribution < 1.29 is 9.47 Å². The Morgan fingerprint density at radius 2 is 2.00 bits per heavy atom. The van der Waals surface area contributed by atoms with E-state index in [9.17, 15) is 0 Å². The van der Waals surface area contributed by atoms with Gasteiger partial charge in [-0.2, -0.15) is 0 Å². The van der Waals surface area contributed by atoms with Crippen molar-refractivity contribution in [1.29, 1.82) is 0 Å². The van der Waals surface area contributed by atoms with Crippen LogP contribution in [-0.4, -0.2) is 20.0 Å². The molecule has 0 bridgehead atoms. The minimum Gasteiger partial charge on any atom is -0.351 e. The lowest BCUT2D eigenvalue weighted by molar-refractivity contribution is -0.200. The van der Waals surface area contributed by atoms with Crippen LogP contribution in [0.5, 0.6) is 0 Å². The molecular weight excluding hydrogens is 350 g/mol. The van der Waals surface area contributed by atoms with E-state index in [0.29, 0.717) is 11.4 Å². The van der Waals surface area contributed by atoms with Crippen LogP contribution >= 0.6 is 34.2 Å². The minimum atomic E-state index is -0.847. The molecule has 0 radical (unpaired) electrons. The summed E-state index contributed by atoms with van der Waals surface area (Å²) in [6, 6.07) is 7.60. The second kappa shape index (κ2) is 6.60. The van der Waals surface area contributed by atoms with Crippen molar-refractivity contribution >= 4 is 34.2 Å². The third-order valence-electron chi connectivity index (χ3n) is 2.60. The van der Waals surface area contributed by atoms with Crippen LogP contribution in [0.1, 0.15) is 15.9 Å². The van der Waals surface area contributed by atoms with E-state index >= 15 is 0 Å². The molecule has 2 nitrogen and oxygen atoms in total. The molecule has 0 aliphatic carbocycles. The Morgan fingerprint density at radius 1 is 1.41 bits per heavy atom. The van der Waals surface area contributed by atoms with Crippen molar-refractivity contribution in [3.05, 3.63) is 34.9 Å². The van der Waals surface area contributed by atoms with Crippen LogP contribution in [-0.2, 0) is 9.47 Å². The molecule has 92 valence electrons. The van der Waals surface area contributed by atoms with Gasteiger partial charge in [0.05, 0.1) is 10.3 Å². The van der Waals surface area contributed by atoms with Gasteiger partial charge in [-0.1, -0.05) is 52.4 Å². The Morgan fingerprint density at radius 3 is 2.47 bits per heavy atom. The van der Waals surface area contributed by atoms with Gasteiger partial charge in [0.2, 0.25) is 0 Å². The normalized spacial score (nSPS) is 13.1. The maximum atomic E-state index is 6.17. The molecule has 0 heterocycles. The van der Waals surface area contributed by atoms with E-state index < -0.39 is 5.79 Å². The third-order valence-corrected chi connectivity index (χ3v) is 4.57. The first-order valence-corrected chi connectivity index (χ1v) is 6.66. The quantitative estimate of drug-likeness (QED) is 0.342. The molecule has 1 rings (SSSR count). The van der Waals surface area contributed by atoms with E-state index in [0.717, 1.165) is 5.56 Å². The SMILES string of the molecule is C#CCC(OC)(OC)C(I)c1ccccc1Cl. The van der Waals surface area contributed by atoms with Gasteiger partial charge in [0.15, 0.2) is 5.79 Å². The lowest BCUT2D eigenvalue weighted by Gasteiger charge is -2.34. The Balaban J connectivity index is 3.13. The molecule has 0 spiro atoms. The molecular formula is C13H14ClIO2. The summed E-state index contributed by atoms with van der Waals surface area (Å²) in [6.07, 6.45) is 5.73. The predicted molar refractivity (Wildman–Crippen MR) is 78.4 cm³/mol. The van der Waals surface area contributed by atoms with Crippen molar-refractivity contribution in [2.75, 3.05) is 14.2 Å². The van der Waals surface area contributed by atoms with Crippen LogP contribution in [0.4, 0.5) is 0 Å². The van der Waals surface area contributed by atoms with Gasteiger partial charge in [-0.3, -0.25) is 0 Å². The topological polar surface area (TPSA) is 18.5 Å². The number of methoxy groups -OCH3 is 2. The fourth-order valence-corrected chi connectivity index (χ4v) is 3.28. The smallest absolute Gasteiger partial charge is 0.194 e. The first-order chi connectivity index (χ1) is 8.11. The average Bonchev–Trinajstić information content (AvgIpc) is 2.36. The Kier molecular flexibility index (Phi) is 5.74. The lowest BCUT2D eigenvalue weighted by Crippen LogP contribution is -2.37. The first-order valence-electron chi connectivity index (χ1n) is 5.03. The molecule has 1 aromatic rings. The van der Waals surface area contributed by atoms with Crippen LogP contribution in [0.15, 0.2) is 24.3 Å². The average molecular weight is 365 g/mol. The van der Waals surface area contributed by atoms with E-state index in [4.69, 9.17) is 27.5 Å². The number of benzene rings is 1. The molecule has 1 unspecified atom stereocenters. The molecule has 0 aliphatic heterocycles. The molecule has 0 amide bonds. The van der Waals surface area contributed by atoms with E-state index in [-0.39, 0.29) is 3.92 Å². The van der Waals surface area contributed by atoms with E-state index in [1.165, 1.54) is 0 Å². The monoisotopic (exact) mass is 364 g/mol. The Labute approximate surface area is 121 Å². The summed E-state index contributed by atoms with van der Waals surface area (Å²) in [6.45, 7) is 0. The number of hydrogen-bond acceptors (Lipinski definition) is 2. The van der Waals surface area contributed by atoms with Gasteiger partial charge in [0.25, 0.3) is 0 Å². The number of ether oxygens (including phenoxy) is 2. The molecule has 0 N–H and O–H groups in total. The lowest BCUT2D eigenvalue weighted by atomic mass is 10.0. The fourth-order valence-electron chi connectivity index (χ4n) is 1.58. The van der Waals surface area contributed by atoms with E-state index in [2.05, 4.69) is 28.5 Å². The zero-order chi connectivity index (χ0) is 12.9. The largest absolute Gasteiger partial charge is 0.351 e. The van der Waals surface area contributed by atoms with E-state index in [1.54, 1.807) is 14.2 Å². The predicted octanol–water partition coefficient (Wildman–Crippen LogP) is 3.83. The van der Waals surface area contributed by atoms with Crippen LogP contribution in [0.25, 0.3) is 0 Å². The summed E-state index contributed by atoms with van der Waals surface area (Å²) in [5.74, 6) is 1.74. The molecule has 0 aliphatic rings. The molecule has 1 aromatic carbocycles. The second-order valence-electron chi connectivity index (χ2n) is 3.49. The second-order valence-corrected chi connectivity index (χ2v) is 5.14. The number of hydrogen-bond donors (Lipinski definition) is 0. The third kappa shape index (κ3) is 3.14. The summed E-state index contributed by atoms with van der Waals surface area (Å²) in [5, 5.41) is 0.683. The highest BCUT2D eigenvalue weighted by molar-refractivity contribution is 14.1. The van der Waals surface area contributed by atoms with Crippen LogP contribution in [0, 0.1) is 12.3 Å². The van der Waals surface area contributed by atoms with Crippen molar-refractivity contribution in [2.45, 2.75) is 16.1 Å². The highest BCUT2D eigenvalue weighted by Crippen LogP contribution is 2.42. The maximum Gasteiger partial charge on any atom is 0.194 e. The van der Waals surface area contributed by atoms with Crippen molar-refractivity contribution in [3.8, 4) is 12.3 Å². The number of rotatable bonds is 5. The zero-order valence-electron chi connectivity index (χ0n) is 9.74. The summed E-state index contributed by atoms with van der Waals surface area (Å²) in [5.41, 5.74) is 0.953. The highest BCUT2D eigenvalue weighted by Gasteiger charge is 2.39. The first kappa shape index (κ1) is 14.8. The summed E-state index contributed by atoms with van der Waals surface area (Å²) in [7, 11) is 3.17. The molecule has 17 heavy (non-hydrogen) atoms. The number of halogens is 2. The number of alkyl halides is 1. The summed E-state index contributed by atoms with van der Waals surface area (Å²) in [4.78, 5) is 0.